The van der Waals surface area contributed by atoms with Crippen LogP contribution in [0.3, 0.4) is 0 Å². The van der Waals surface area contributed by atoms with Gasteiger partial charge >= 0.3 is 5.97 Å². The predicted molar refractivity (Wildman–Crippen MR) is 141 cm³/mol. The second kappa shape index (κ2) is 9.51. The van der Waals surface area contributed by atoms with Crippen LogP contribution in [-0.4, -0.2) is 30.6 Å². The van der Waals surface area contributed by atoms with Crippen LogP contribution in [0.5, 0.6) is 0 Å². The second-order valence-electron chi connectivity index (χ2n) is 13.3. The number of fused-ring (bicyclic) bond motifs is 7. The van der Waals surface area contributed by atoms with Crippen molar-refractivity contribution in [2.75, 3.05) is 6.54 Å². The molecular weight excluding hydrogens is 450 g/mol. The molecule has 1 N–H and O–H groups in total. The molecule has 0 aromatic carbocycles. The summed E-state index contributed by atoms with van der Waals surface area (Å²) in [6, 6.07) is 0. The van der Waals surface area contributed by atoms with Crippen molar-refractivity contribution < 1.29 is 19.1 Å². The summed E-state index contributed by atoms with van der Waals surface area (Å²) in [6.45, 7) is 13.5. The summed E-state index contributed by atoms with van der Waals surface area (Å²) >= 11 is 0. The van der Waals surface area contributed by atoms with Gasteiger partial charge in [-0.05, 0) is 91.9 Å². The van der Waals surface area contributed by atoms with Crippen LogP contribution in [0, 0.1) is 40.4 Å². The molecule has 5 aliphatic rings. The van der Waals surface area contributed by atoms with E-state index < -0.39 is 0 Å². The Kier molecular flexibility index (Phi) is 6.83. The van der Waals surface area contributed by atoms with Gasteiger partial charge in [0.05, 0.1) is 5.76 Å². The maximum Gasteiger partial charge on any atom is 0.302 e. The Morgan fingerprint density at radius 3 is 2.69 bits per heavy atom. The van der Waals surface area contributed by atoms with Crippen LogP contribution in [0.4, 0.5) is 0 Å². The molecule has 3 saturated carbocycles. The summed E-state index contributed by atoms with van der Waals surface area (Å²) in [5.74, 6) is 4.37. The average molecular weight is 498 g/mol. The molecule has 0 bridgehead atoms. The Morgan fingerprint density at radius 1 is 1.19 bits per heavy atom. The third kappa shape index (κ3) is 4.32. The van der Waals surface area contributed by atoms with Crippen molar-refractivity contribution in [2.45, 2.75) is 112 Å². The summed E-state index contributed by atoms with van der Waals surface area (Å²) in [5, 5.41) is 2.95. The minimum atomic E-state index is -0.145. The summed E-state index contributed by atoms with van der Waals surface area (Å²) in [5.41, 5.74) is 3.66. The first-order valence-electron chi connectivity index (χ1n) is 14.5. The lowest BCUT2D eigenvalue weighted by Gasteiger charge is -2.58. The number of rotatable bonds is 6. The molecule has 5 heteroatoms. The van der Waals surface area contributed by atoms with Crippen LogP contribution in [0.15, 0.2) is 23.0 Å². The number of carbonyl (C=O) groups is 2. The normalized spacial score (nSPS) is 41.8. The Hall–Kier alpha value is -1.78. The van der Waals surface area contributed by atoms with E-state index >= 15 is 0 Å². The fraction of sp³-hybridized carbons (Fsp3) is 0.806. The summed E-state index contributed by atoms with van der Waals surface area (Å²) in [4.78, 5) is 22.8. The lowest BCUT2D eigenvalue weighted by atomic mass is 9.47. The van der Waals surface area contributed by atoms with E-state index in [1.807, 2.05) is 0 Å². The van der Waals surface area contributed by atoms with Crippen LogP contribution < -0.4 is 5.32 Å². The highest BCUT2D eigenvalue weighted by molar-refractivity contribution is 5.72. The molecule has 5 nitrogen and oxygen atoms in total. The van der Waals surface area contributed by atoms with E-state index in [0.717, 1.165) is 56.4 Å². The fourth-order valence-electron chi connectivity index (χ4n) is 9.34. The van der Waals surface area contributed by atoms with Crippen molar-refractivity contribution >= 4 is 11.9 Å². The molecule has 0 spiro atoms. The average Bonchev–Trinajstić information content (AvgIpc) is 3.29. The van der Waals surface area contributed by atoms with Gasteiger partial charge in [0.25, 0.3) is 0 Å². The van der Waals surface area contributed by atoms with Crippen LogP contribution in [0.2, 0.25) is 0 Å². The maximum atomic E-state index is 11.5. The largest absolute Gasteiger partial charge is 0.494 e. The molecular formula is C31H47NO4. The third-order valence-electron chi connectivity index (χ3n) is 11.2. The molecule has 200 valence electrons. The van der Waals surface area contributed by atoms with Gasteiger partial charge < -0.3 is 14.8 Å². The Bertz CT molecular complexity index is 968. The van der Waals surface area contributed by atoms with E-state index in [1.165, 1.54) is 43.9 Å². The molecule has 1 aliphatic heterocycles. The highest BCUT2D eigenvalue weighted by Crippen LogP contribution is 2.69. The smallest absolute Gasteiger partial charge is 0.302 e. The highest BCUT2D eigenvalue weighted by atomic mass is 16.5. The Morgan fingerprint density at radius 2 is 1.97 bits per heavy atom. The van der Waals surface area contributed by atoms with Crippen molar-refractivity contribution in [1.82, 2.24) is 5.32 Å². The Balaban J connectivity index is 1.29. The van der Waals surface area contributed by atoms with Gasteiger partial charge in [0.15, 0.2) is 0 Å². The van der Waals surface area contributed by atoms with Gasteiger partial charge in [0, 0.05) is 39.2 Å². The van der Waals surface area contributed by atoms with E-state index in [9.17, 15) is 9.59 Å². The van der Waals surface area contributed by atoms with Crippen molar-refractivity contribution in [2.24, 2.45) is 40.4 Å². The predicted octanol–water partition coefficient (Wildman–Crippen LogP) is 6.33. The Labute approximate surface area is 217 Å². The molecule has 9 atom stereocenters. The zero-order valence-electron chi connectivity index (χ0n) is 23.3. The first kappa shape index (κ1) is 25.9. The lowest BCUT2D eigenvalue weighted by Crippen LogP contribution is -2.50. The molecule has 36 heavy (non-hydrogen) atoms. The van der Waals surface area contributed by atoms with Crippen LogP contribution in [-0.2, 0) is 19.1 Å². The number of nitrogens with one attached hydrogen (secondary N) is 1. The lowest BCUT2D eigenvalue weighted by molar-refractivity contribution is -0.148. The van der Waals surface area contributed by atoms with Crippen molar-refractivity contribution in [3.63, 3.8) is 0 Å². The third-order valence-corrected chi connectivity index (χ3v) is 11.2. The van der Waals surface area contributed by atoms with Crippen molar-refractivity contribution in [1.29, 1.82) is 0 Å². The van der Waals surface area contributed by atoms with Gasteiger partial charge in [-0.2, -0.15) is 0 Å². The summed E-state index contributed by atoms with van der Waals surface area (Å²) < 4.78 is 12.3. The SMILES string of the molecule is CC(=O)NC[C@H](C)CCC1=C(C)[C@@H]2[C@@H](C[C@H]3[C@H]4CC=C5C[C@@H](OC(C)=O)CC[C@]5(C)[C@@H]4CC[C@]23C)O1. The van der Waals surface area contributed by atoms with Gasteiger partial charge in [-0.3, -0.25) is 9.59 Å². The molecule has 3 fully saturated rings. The number of amides is 1. The zero-order valence-corrected chi connectivity index (χ0v) is 23.3. The first-order chi connectivity index (χ1) is 17.0. The number of allylic oxidation sites excluding steroid dienone is 2. The number of ether oxygens (including phenoxy) is 2. The highest BCUT2D eigenvalue weighted by Gasteiger charge is 2.63. The number of esters is 1. The molecule has 1 amide bonds. The summed E-state index contributed by atoms with van der Waals surface area (Å²) in [6.07, 6.45) is 13.0. The van der Waals surface area contributed by atoms with Crippen LogP contribution >= 0.6 is 0 Å². The monoisotopic (exact) mass is 497 g/mol. The first-order valence-corrected chi connectivity index (χ1v) is 14.5. The van der Waals surface area contributed by atoms with E-state index in [1.54, 1.807) is 12.5 Å². The van der Waals surface area contributed by atoms with Gasteiger partial charge in [0.1, 0.15) is 12.2 Å². The molecule has 1 heterocycles. The quantitative estimate of drug-likeness (QED) is 0.344. The van der Waals surface area contributed by atoms with Gasteiger partial charge in [-0.1, -0.05) is 32.4 Å². The van der Waals surface area contributed by atoms with Crippen LogP contribution in [0.25, 0.3) is 0 Å². The molecule has 5 rings (SSSR count). The van der Waals surface area contributed by atoms with E-state index in [4.69, 9.17) is 9.47 Å². The minimum absolute atomic E-state index is 0.0504. The number of carbonyl (C=O) groups excluding carboxylic acids is 2. The maximum absolute atomic E-state index is 11.5. The standard InChI is InChI=1S/C31H47NO4/c1-18(17-32-20(3)33)7-10-27-19(2)29-28(36-27)16-26-24-9-8-22-15-23(35-21(4)34)11-13-30(22,5)25(24)12-14-31(26,29)6/h8,18,23-26,28-29H,7,9-17H2,1-6H3,(H,32,33)/t18-,23+,24+,25-,26+,28-,29-,30+,31+/m1/s1. The fourth-order valence-corrected chi connectivity index (χ4v) is 9.34. The molecule has 0 aromatic heterocycles. The van der Waals surface area contributed by atoms with E-state index in [-0.39, 0.29) is 23.4 Å². The van der Waals surface area contributed by atoms with Gasteiger partial charge in [-0.25, -0.2) is 0 Å². The number of hydrogen-bond acceptors (Lipinski definition) is 4. The van der Waals surface area contributed by atoms with Crippen molar-refractivity contribution in [3.8, 4) is 0 Å². The van der Waals surface area contributed by atoms with Crippen molar-refractivity contribution in [3.05, 3.63) is 23.0 Å². The second-order valence-corrected chi connectivity index (χ2v) is 13.3. The molecule has 4 aliphatic carbocycles. The van der Waals surface area contributed by atoms with Gasteiger partial charge in [0.2, 0.25) is 5.91 Å². The summed E-state index contributed by atoms with van der Waals surface area (Å²) in [7, 11) is 0. The van der Waals surface area contributed by atoms with Gasteiger partial charge in [-0.15, -0.1) is 0 Å². The zero-order chi connectivity index (χ0) is 25.8. The van der Waals surface area contributed by atoms with E-state index in [0.29, 0.717) is 23.4 Å². The topological polar surface area (TPSA) is 64.6 Å². The molecule has 0 radical (unpaired) electrons. The molecule has 0 aromatic rings. The molecule has 0 unspecified atom stereocenters. The number of hydrogen-bond donors (Lipinski definition) is 1. The van der Waals surface area contributed by atoms with Crippen LogP contribution in [0.1, 0.15) is 99.3 Å². The molecule has 0 saturated heterocycles. The minimum Gasteiger partial charge on any atom is -0.494 e. The van der Waals surface area contributed by atoms with E-state index in [2.05, 4.69) is 39.1 Å².